The number of ether oxygens (including phenoxy) is 1. The van der Waals surface area contributed by atoms with E-state index in [-0.39, 0.29) is 5.91 Å². The number of para-hydroxylation sites is 1. The average molecular weight is 328 g/mol. The first kappa shape index (κ1) is 16.6. The summed E-state index contributed by atoms with van der Waals surface area (Å²) in [6.45, 7) is 2.06. The number of fused-ring (bicyclic) bond motifs is 1. The smallest absolute Gasteiger partial charge is 0.356 e. The van der Waals surface area contributed by atoms with Crippen LogP contribution in [-0.2, 0) is 9.53 Å². The molecule has 2 aromatic rings. The number of nitrogens with one attached hydrogen (secondary N) is 2. The molecule has 128 valence electrons. The van der Waals surface area contributed by atoms with Crippen LogP contribution in [0.4, 0.5) is 5.69 Å². The molecule has 1 saturated carbocycles. The second-order valence-electron chi connectivity index (χ2n) is 6.40. The van der Waals surface area contributed by atoms with E-state index in [1.165, 1.54) is 19.3 Å². The van der Waals surface area contributed by atoms with Crippen LogP contribution in [-0.4, -0.2) is 23.5 Å². The van der Waals surface area contributed by atoms with Gasteiger partial charge in [-0.05, 0) is 31.7 Å². The number of H-pyrrole nitrogens is 1. The molecule has 1 aliphatic carbocycles. The molecular weight excluding hydrogens is 304 g/mol. The third kappa shape index (κ3) is 3.61. The van der Waals surface area contributed by atoms with Gasteiger partial charge < -0.3 is 15.0 Å². The van der Waals surface area contributed by atoms with Gasteiger partial charge in [0.25, 0.3) is 0 Å². The third-order valence-electron chi connectivity index (χ3n) is 4.65. The molecule has 0 radical (unpaired) electrons. The summed E-state index contributed by atoms with van der Waals surface area (Å²) in [5.74, 6) is -0.0196. The number of hydrogen-bond donors (Lipinski definition) is 2. The number of aromatic amines is 1. The standard InChI is InChI=1S/C19H24N2O3/c1-2-24-19(23)18-17(14-10-6-7-11-15(14)20-18)21-16(22)12-13-8-4-3-5-9-13/h6-7,10-11,13,20H,2-5,8-9,12H2,1H3,(H,21,22). The van der Waals surface area contributed by atoms with Crippen LogP contribution < -0.4 is 5.32 Å². The molecule has 3 rings (SSSR count). The second kappa shape index (κ2) is 7.51. The zero-order valence-corrected chi connectivity index (χ0v) is 14.1. The summed E-state index contributed by atoms with van der Waals surface area (Å²) in [5.41, 5.74) is 1.66. The van der Waals surface area contributed by atoms with E-state index in [4.69, 9.17) is 4.74 Å². The van der Waals surface area contributed by atoms with Gasteiger partial charge in [0.05, 0.1) is 12.3 Å². The van der Waals surface area contributed by atoms with Gasteiger partial charge in [0.15, 0.2) is 0 Å². The molecule has 1 heterocycles. The minimum Gasteiger partial charge on any atom is -0.461 e. The molecule has 5 nitrogen and oxygen atoms in total. The number of benzene rings is 1. The van der Waals surface area contributed by atoms with Crippen LogP contribution in [0, 0.1) is 5.92 Å². The van der Waals surface area contributed by atoms with Crippen LogP contribution in [0.25, 0.3) is 10.9 Å². The molecule has 0 aliphatic heterocycles. The van der Waals surface area contributed by atoms with Crippen LogP contribution in [0.3, 0.4) is 0 Å². The molecule has 24 heavy (non-hydrogen) atoms. The van der Waals surface area contributed by atoms with Crippen LogP contribution in [0.5, 0.6) is 0 Å². The highest BCUT2D eigenvalue weighted by Crippen LogP contribution is 2.30. The summed E-state index contributed by atoms with van der Waals surface area (Å²) in [6, 6.07) is 7.56. The van der Waals surface area contributed by atoms with Crippen molar-refractivity contribution in [1.82, 2.24) is 4.98 Å². The van der Waals surface area contributed by atoms with E-state index < -0.39 is 5.97 Å². The highest BCUT2D eigenvalue weighted by atomic mass is 16.5. The fourth-order valence-corrected chi connectivity index (χ4v) is 3.47. The molecule has 2 N–H and O–H groups in total. The lowest BCUT2D eigenvalue weighted by Crippen LogP contribution is -2.19. The number of amides is 1. The lowest BCUT2D eigenvalue weighted by molar-refractivity contribution is -0.117. The van der Waals surface area contributed by atoms with Gasteiger partial charge in [-0.15, -0.1) is 0 Å². The number of carbonyl (C=O) groups excluding carboxylic acids is 2. The maximum Gasteiger partial charge on any atom is 0.356 e. The molecule has 0 unspecified atom stereocenters. The predicted molar refractivity (Wildman–Crippen MR) is 94.1 cm³/mol. The molecule has 0 spiro atoms. The van der Waals surface area contributed by atoms with Crippen molar-refractivity contribution in [3.05, 3.63) is 30.0 Å². The topological polar surface area (TPSA) is 71.2 Å². The van der Waals surface area contributed by atoms with Crippen molar-refractivity contribution in [3.63, 3.8) is 0 Å². The van der Waals surface area contributed by atoms with Gasteiger partial charge in [-0.3, -0.25) is 4.79 Å². The van der Waals surface area contributed by atoms with Gasteiger partial charge in [0.1, 0.15) is 5.69 Å². The largest absolute Gasteiger partial charge is 0.461 e. The van der Waals surface area contributed by atoms with E-state index in [1.54, 1.807) is 6.92 Å². The summed E-state index contributed by atoms with van der Waals surface area (Å²) < 4.78 is 5.11. The fraction of sp³-hybridized carbons (Fsp3) is 0.474. The molecule has 1 amide bonds. The lowest BCUT2D eigenvalue weighted by atomic mass is 9.87. The van der Waals surface area contributed by atoms with Crippen molar-refractivity contribution < 1.29 is 14.3 Å². The summed E-state index contributed by atoms with van der Waals surface area (Å²) in [4.78, 5) is 27.7. The summed E-state index contributed by atoms with van der Waals surface area (Å²) in [6.07, 6.45) is 6.44. The Balaban J connectivity index is 1.82. The number of aromatic nitrogens is 1. The van der Waals surface area contributed by atoms with Gasteiger partial charge in [0, 0.05) is 17.3 Å². The minimum absolute atomic E-state index is 0.0304. The predicted octanol–water partition coefficient (Wildman–Crippen LogP) is 4.25. The number of rotatable bonds is 5. The maximum absolute atomic E-state index is 12.5. The first-order valence-electron chi connectivity index (χ1n) is 8.76. The molecule has 0 atom stereocenters. The average Bonchev–Trinajstić information content (AvgIpc) is 2.95. The van der Waals surface area contributed by atoms with E-state index in [2.05, 4.69) is 10.3 Å². The lowest BCUT2D eigenvalue weighted by Gasteiger charge is -2.20. The first-order valence-corrected chi connectivity index (χ1v) is 8.76. The number of carbonyl (C=O) groups is 2. The van der Waals surface area contributed by atoms with E-state index in [0.29, 0.717) is 30.3 Å². The van der Waals surface area contributed by atoms with Crippen LogP contribution in [0.1, 0.15) is 55.9 Å². The summed E-state index contributed by atoms with van der Waals surface area (Å²) in [7, 11) is 0. The molecule has 1 aliphatic rings. The van der Waals surface area contributed by atoms with E-state index in [9.17, 15) is 9.59 Å². The van der Waals surface area contributed by atoms with Crippen molar-refractivity contribution >= 4 is 28.5 Å². The van der Waals surface area contributed by atoms with Gasteiger partial charge >= 0.3 is 5.97 Å². The normalized spacial score (nSPS) is 15.4. The highest BCUT2D eigenvalue weighted by Gasteiger charge is 2.22. The minimum atomic E-state index is -0.443. The van der Waals surface area contributed by atoms with Gasteiger partial charge in [0.2, 0.25) is 5.91 Å². The zero-order chi connectivity index (χ0) is 16.9. The van der Waals surface area contributed by atoms with Gasteiger partial charge in [-0.25, -0.2) is 4.79 Å². The summed E-state index contributed by atoms with van der Waals surface area (Å²) >= 11 is 0. The van der Waals surface area contributed by atoms with E-state index in [1.807, 2.05) is 24.3 Å². The fourth-order valence-electron chi connectivity index (χ4n) is 3.47. The number of hydrogen-bond acceptors (Lipinski definition) is 3. The number of esters is 1. The Labute approximate surface area is 141 Å². The van der Waals surface area contributed by atoms with Crippen molar-refractivity contribution in [2.75, 3.05) is 11.9 Å². The van der Waals surface area contributed by atoms with Gasteiger partial charge in [-0.2, -0.15) is 0 Å². The Morgan fingerprint density at radius 1 is 1.21 bits per heavy atom. The Morgan fingerprint density at radius 3 is 2.71 bits per heavy atom. The Morgan fingerprint density at radius 2 is 1.96 bits per heavy atom. The Hall–Kier alpha value is -2.30. The molecule has 1 aromatic heterocycles. The summed E-state index contributed by atoms with van der Waals surface area (Å²) in [5, 5.41) is 3.78. The van der Waals surface area contributed by atoms with Crippen LogP contribution >= 0.6 is 0 Å². The zero-order valence-electron chi connectivity index (χ0n) is 14.1. The van der Waals surface area contributed by atoms with Crippen LogP contribution in [0.2, 0.25) is 0 Å². The molecular formula is C19H24N2O3. The number of anilines is 1. The third-order valence-corrected chi connectivity index (χ3v) is 4.65. The molecule has 0 saturated heterocycles. The van der Waals surface area contributed by atoms with E-state index in [0.717, 1.165) is 23.7 Å². The monoisotopic (exact) mass is 328 g/mol. The van der Waals surface area contributed by atoms with Crippen molar-refractivity contribution in [2.45, 2.75) is 45.4 Å². The SMILES string of the molecule is CCOC(=O)c1[nH]c2ccccc2c1NC(=O)CC1CCCCC1. The Bertz CT molecular complexity index is 729. The quantitative estimate of drug-likeness (QED) is 0.806. The molecule has 1 fully saturated rings. The molecule has 5 heteroatoms. The highest BCUT2D eigenvalue weighted by molar-refractivity contribution is 6.10. The van der Waals surface area contributed by atoms with Crippen molar-refractivity contribution in [1.29, 1.82) is 0 Å². The van der Waals surface area contributed by atoms with Crippen LogP contribution in [0.15, 0.2) is 24.3 Å². The molecule has 0 bridgehead atoms. The maximum atomic E-state index is 12.5. The Kier molecular flexibility index (Phi) is 5.18. The molecule has 1 aromatic carbocycles. The van der Waals surface area contributed by atoms with Gasteiger partial charge in [-0.1, -0.05) is 37.5 Å². The van der Waals surface area contributed by atoms with Crippen molar-refractivity contribution in [3.8, 4) is 0 Å². The second-order valence-corrected chi connectivity index (χ2v) is 6.40. The van der Waals surface area contributed by atoms with E-state index >= 15 is 0 Å². The first-order chi connectivity index (χ1) is 11.7. The van der Waals surface area contributed by atoms with Crippen molar-refractivity contribution in [2.24, 2.45) is 5.92 Å².